The van der Waals surface area contributed by atoms with Crippen LogP contribution < -0.4 is 5.73 Å². The van der Waals surface area contributed by atoms with Gasteiger partial charge in [0.15, 0.2) is 0 Å². The molecule has 14 heavy (non-hydrogen) atoms. The minimum Gasteiger partial charge on any atom is -0.318 e. The fourth-order valence-electron chi connectivity index (χ4n) is 1.22. The Bertz CT molecular complexity index is 436. The molecule has 0 spiro atoms. The average Bonchev–Trinajstić information content (AvgIpc) is 2.73. The van der Waals surface area contributed by atoms with Crippen molar-refractivity contribution in [1.29, 1.82) is 0 Å². The molecular weight excluding hydrogens is 264 g/mol. The minimum absolute atomic E-state index is 0.147. The first-order chi connectivity index (χ1) is 6.68. The summed E-state index contributed by atoms with van der Waals surface area (Å²) >= 11 is 5.03. The highest BCUT2D eigenvalue weighted by molar-refractivity contribution is 9.11. The van der Waals surface area contributed by atoms with Crippen LogP contribution in [0.25, 0.3) is 0 Å². The third-order valence-electron chi connectivity index (χ3n) is 1.97. The lowest BCUT2D eigenvalue weighted by Gasteiger charge is -2.07. The molecule has 0 bridgehead atoms. The van der Waals surface area contributed by atoms with Gasteiger partial charge in [0.25, 0.3) is 0 Å². The van der Waals surface area contributed by atoms with E-state index in [-0.39, 0.29) is 6.04 Å². The highest BCUT2D eigenvalue weighted by Crippen LogP contribution is 2.28. The van der Waals surface area contributed by atoms with Crippen LogP contribution in [0.1, 0.15) is 16.6 Å². The number of hydrogen-bond donors (Lipinski definition) is 1. The van der Waals surface area contributed by atoms with Crippen LogP contribution in [-0.2, 0) is 7.05 Å². The van der Waals surface area contributed by atoms with Crippen LogP contribution in [0, 0.1) is 0 Å². The van der Waals surface area contributed by atoms with E-state index in [1.165, 1.54) is 0 Å². The van der Waals surface area contributed by atoms with Gasteiger partial charge < -0.3 is 5.73 Å². The van der Waals surface area contributed by atoms with Crippen LogP contribution in [0.5, 0.6) is 0 Å². The van der Waals surface area contributed by atoms with Gasteiger partial charge >= 0.3 is 0 Å². The second kappa shape index (κ2) is 3.80. The molecule has 6 heteroatoms. The van der Waals surface area contributed by atoms with Crippen molar-refractivity contribution in [1.82, 2.24) is 15.0 Å². The Hall–Kier alpha value is -0.720. The molecule has 0 aliphatic carbocycles. The predicted octanol–water partition coefficient (Wildman–Crippen LogP) is 1.69. The maximum atomic E-state index is 6.06. The van der Waals surface area contributed by atoms with E-state index < -0.39 is 0 Å². The molecule has 0 saturated carbocycles. The van der Waals surface area contributed by atoms with Crippen LogP contribution in [0.4, 0.5) is 0 Å². The normalized spacial score (nSPS) is 13.1. The third-order valence-corrected chi connectivity index (χ3v) is 3.68. The van der Waals surface area contributed by atoms with Crippen molar-refractivity contribution in [3.63, 3.8) is 0 Å². The third kappa shape index (κ3) is 1.73. The maximum Gasteiger partial charge on any atom is 0.0833 e. The van der Waals surface area contributed by atoms with E-state index in [4.69, 9.17) is 5.73 Å². The average molecular weight is 273 g/mol. The van der Waals surface area contributed by atoms with E-state index >= 15 is 0 Å². The molecule has 0 aliphatic heterocycles. The van der Waals surface area contributed by atoms with E-state index in [1.54, 1.807) is 22.2 Å². The maximum absolute atomic E-state index is 6.06. The summed E-state index contributed by atoms with van der Waals surface area (Å²) < 4.78 is 2.77. The molecule has 2 aromatic heterocycles. The number of thiophene rings is 1. The number of aromatic nitrogens is 3. The van der Waals surface area contributed by atoms with E-state index in [9.17, 15) is 0 Å². The predicted molar refractivity (Wildman–Crippen MR) is 59.1 cm³/mol. The number of aryl methyl sites for hydroxylation is 1. The fraction of sp³-hybridized carbons (Fsp3) is 0.250. The quantitative estimate of drug-likeness (QED) is 0.905. The first-order valence-corrected chi connectivity index (χ1v) is 5.65. The molecule has 2 rings (SSSR count). The topological polar surface area (TPSA) is 56.7 Å². The van der Waals surface area contributed by atoms with Gasteiger partial charge in [0, 0.05) is 11.9 Å². The summed E-state index contributed by atoms with van der Waals surface area (Å²) in [5.41, 5.74) is 6.98. The van der Waals surface area contributed by atoms with Crippen molar-refractivity contribution in [3.8, 4) is 0 Å². The molecule has 1 atom stereocenters. The molecule has 0 radical (unpaired) electrons. The molecule has 2 aromatic rings. The van der Waals surface area contributed by atoms with Crippen LogP contribution in [0.2, 0.25) is 0 Å². The monoisotopic (exact) mass is 272 g/mol. The number of nitrogens with two attached hydrogens (primary N) is 1. The summed E-state index contributed by atoms with van der Waals surface area (Å²) in [4.78, 5) is 1.10. The standard InChI is InChI=1S/C8H9BrN4S/c1-13-5(4-11-12-13)8(10)6-2-3-7(9)14-6/h2-4,8H,10H2,1H3. The second-order valence-electron chi connectivity index (χ2n) is 2.90. The van der Waals surface area contributed by atoms with Crippen LogP contribution in [0.3, 0.4) is 0 Å². The van der Waals surface area contributed by atoms with Gasteiger partial charge in [0.05, 0.1) is 21.7 Å². The zero-order valence-corrected chi connectivity index (χ0v) is 9.92. The summed E-state index contributed by atoms with van der Waals surface area (Å²) in [5.74, 6) is 0. The summed E-state index contributed by atoms with van der Waals surface area (Å²) in [6.45, 7) is 0. The molecule has 74 valence electrons. The molecule has 2 heterocycles. The minimum atomic E-state index is -0.147. The zero-order chi connectivity index (χ0) is 10.1. The SMILES string of the molecule is Cn1nncc1C(N)c1ccc(Br)s1. The Morgan fingerprint density at radius 3 is 2.86 bits per heavy atom. The zero-order valence-electron chi connectivity index (χ0n) is 7.51. The summed E-state index contributed by atoms with van der Waals surface area (Å²) in [6.07, 6.45) is 1.69. The van der Waals surface area contributed by atoms with Crippen molar-refractivity contribution in [2.45, 2.75) is 6.04 Å². The van der Waals surface area contributed by atoms with Crippen molar-refractivity contribution in [2.75, 3.05) is 0 Å². The molecule has 0 saturated heterocycles. The van der Waals surface area contributed by atoms with Gasteiger partial charge in [0.2, 0.25) is 0 Å². The molecule has 0 aromatic carbocycles. The smallest absolute Gasteiger partial charge is 0.0833 e. The second-order valence-corrected chi connectivity index (χ2v) is 5.40. The molecular formula is C8H9BrN4S. The molecule has 0 aliphatic rings. The molecule has 0 fully saturated rings. The summed E-state index contributed by atoms with van der Waals surface area (Å²) in [7, 11) is 1.84. The number of halogens is 1. The highest BCUT2D eigenvalue weighted by Gasteiger charge is 2.14. The lowest BCUT2D eigenvalue weighted by molar-refractivity contribution is 0.654. The number of nitrogens with zero attached hydrogens (tertiary/aromatic N) is 3. The van der Waals surface area contributed by atoms with Crippen molar-refractivity contribution in [3.05, 3.63) is 32.7 Å². The molecule has 2 N–H and O–H groups in total. The van der Waals surface area contributed by atoms with E-state index in [0.29, 0.717) is 0 Å². The van der Waals surface area contributed by atoms with Gasteiger partial charge in [-0.3, -0.25) is 4.68 Å². The number of hydrogen-bond acceptors (Lipinski definition) is 4. The van der Waals surface area contributed by atoms with Gasteiger partial charge in [-0.15, -0.1) is 16.4 Å². The van der Waals surface area contributed by atoms with Gasteiger partial charge in [-0.1, -0.05) is 5.21 Å². The summed E-state index contributed by atoms with van der Waals surface area (Å²) in [5, 5.41) is 7.65. The summed E-state index contributed by atoms with van der Waals surface area (Å²) in [6, 6.07) is 3.85. The first kappa shape index (κ1) is 9.82. The van der Waals surface area contributed by atoms with Crippen molar-refractivity contribution in [2.24, 2.45) is 12.8 Å². The Morgan fingerprint density at radius 2 is 2.36 bits per heavy atom. The van der Waals surface area contributed by atoms with E-state index in [1.807, 2.05) is 19.2 Å². The van der Waals surface area contributed by atoms with Gasteiger partial charge in [-0.2, -0.15) is 0 Å². The lowest BCUT2D eigenvalue weighted by Crippen LogP contribution is -2.14. The molecule has 1 unspecified atom stereocenters. The Kier molecular flexibility index (Phi) is 2.66. The van der Waals surface area contributed by atoms with Crippen LogP contribution >= 0.6 is 27.3 Å². The fourth-order valence-corrected chi connectivity index (χ4v) is 2.66. The Balaban J connectivity index is 2.33. The Labute approximate surface area is 93.9 Å². The van der Waals surface area contributed by atoms with Gasteiger partial charge in [-0.05, 0) is 28.1 Å². The lowest BCUT2D eigenvalue weighted by atomic mass is 10.2. The van der Waals surface area contributed by atoms with Crippen LogP contribution in [0.15, 0.2) is 22.1 Å². The van der Waals surface area contributed by atoms with Gasteiger partial charge in [-0.25, -0.2) is 0 Å². The Morgan fingerprint density at radius 1 is 1.57 bits per heavy atom. The van der Waals surface area contributed by atoms with Crippen molar-refractivity contribution < 1.29 is 0 Å². The molecule has 0 amide bonds. The molecule has 4 nitrogen and oxygen atoms in total. The largest absolute Gasteiger partial charge is 0.318 e. The highest BCUT2D eigenvalue weighted by atomic mass is 79.9. The first-order valence-electron chi connectivity index (χ1n) is 4.04. The van der Waals surface area contributed by atoms with E-state index in [2.05, 4.69) is 26.2 Å². The van der Waals surface area contributed by atoms with E-state index in [0.717, 1.165) is 14.4 Å². The van der Waals surface area contributed by atoms with Gasteiger partial charge in [0.1, 0.15) is 0 Å². The van der Waals surface area contributed by atoms with Crippen molar-refractivity contribution >= 4 is 27.3 Å². The van der Waals surface area contributed by atoms with Crippen LogP contribution in [-0.4, -0.2) is 15.0 Å². The number of rotatable bonds is 2.